The highest BCUT2D eigenvalue weighted by Gasteiger charge is 2.04. The number of hydrogen-bond donors (Lipinski definition) is 2. The first-order valence-electron chi connectivity index (χ1n) is 8.76. The lowest BCUT2D eigenvalue weighted by Gasteiger charge is -2.10. The van der Waals surface area contributed by atoms with Gasteiger partial charge in [-0.2, -0.15) is 0 Å². The van der Waals surface area contributed by atoms with Gasteiger partial charge in [-0.1, -0.05) is 42.5 Å². The number of pyridine rings is 1. The fourth-order valence-electron chi connectivity index (χ4n) is 3.08. The van der Waals surface area contributed by atoms with Crippen molar-refractivity contribution in [3.8, 4) is 11.1 Å². The third-order valence-electron chi connectivity index (χ3n) is 4.29. The topological polar surface area (TPSA) is 54.0 Å². The first kappa shape index (κ1) is 16.8. The van der Waals surface area contributed by atoms with E-state index in [-0.39, 0.29) is 5.91 Å². The molecule has 0 fully saturated rings. The summed E-state index contributed by atoms with van der Waals surface area (Å²) in [6.07, 6.45) is 3.62. The first-order chi connectivity index (χ1) is 13.2. The van der Waals surface area contributed by atoms with Crippen LogP contribution in [0.4, 0.5) is 17.1 Å². The van der Waals surface area contributed by atoms with Crippen LogP contribution >= 0.6 is 0 Å². The minimum Gasteiger partial charge on any atom is -0.354 e. The molecule has 0 spiro atoms. The molecule has 1 amide bonds. The van der Waals surface area contributed by atoms with Crippen molar-refractivity contribution in [3.63, 3.8) is 0 Å². The molecule has 0 saturated carbocycles. The van der Waals surface area contributed by atoms with Gasteiger partial charge in [0.25, 0.3) is 0 Å². The van der Waals surface area contributed by atoms with Gasteiger partial charge in [-0.15, -0.1) is 0 Å². The van der Waals surface area contributed by atoms with E-state index in [1.807, 2.05) is 42.6 Å². The molecule has 0 radical (unpaired) electrons. The molecular formula is C23H19N3O. The van der Waals surface area contributed by atoms with Gasteiger partial charge >= 0.3 is 0 Å². The summed E-state index contributed by atoms with van der Waals surface area (Å²) in [5, 5.41) is 8.63. The molecule has 4 heteroatoms. The maximum atomic E-state index is 11.3. The van der Waals surface area contributed by atoms with Crippen molar-refractivity contribution >= 4 is 33.7 Å². The Morgan fingerprint density at radius 3 is 2.41 bits per heavy atom. The number of fused-ring (bicyclic) bond motifs is 1. The molecule has 1 aromatic heterocycles. The van der Waals surface area contributed by atoms with Crippen LogP contribution in [0.5, 0.6) is 0 Å². The maximum Gasteiger partial charge on any atom is 0.221 e. The van der Waals surface area contributed by atoms with E-state index in [9.17, 15) is 4.79 Å². The van der Waals surface area contributed by atoms with E-state index in [2.05, 4.69) is 52.0 Å². The zero-order valence-electron chi connectivity index (χ0n) is 14.9. The summed E-state index contributed by atoms with van der Waals surface area (Å²) >= 11 is 0. The predicted molar refractivity (Wildman–Crippen MR) is 111 cm³/mol. The van der Waals surface area contributed by atoms with E-state index in [0.29, 0.717) is 0 Å². The number of nitrogens with one attached hydrogen (secondary N) is 2. The van der Waals surface area contributed by atoms with E-state index in [1.54, 1.807) is 6.20 Å². The molecule has 132 valence electrons. The standard InChI is InChI=1S/C23H19N3O/c1-16(27)25-21-8-4-7-19(12-21)20-13-23(15-24-14-20)26-22-10-9-17-5-2-3-6-18(17)11-22/h2-15,26H,1H3,(H,25,27). The average molecular weight is 353 g/mol. The summed E-state index contributed by atoms with van der Waals surface area (Å²) in [5.74, 6) is -0.0861. The van der Waals surface area contributed by atoms with Crippen LogP contribution in [0.2, 0.25) is 0 Å². The quantitative estimate of drug-likeness (QED) is 0.502. The Morgan fingerprint density at radius 2 is 1.56 bits per heavy atom. The number of rotatable bonds is 4. The summed E-state index contributed by atoms with van der Waals surface area (Å²) in [5.41, 5.74) is 4.67. The van der Waals surface area contributed by atoms with Crippen LogP contribution in [0.3, 0.4) is 0 Å². The van der Waals surface area contributed by atoms with Gasteiger partial charge in [-0.25, -0.2) is 0 Å². The Hall–Kier alpha value is -3.66. The molecule has 0 aliphatic heterocycles. The van der Waals surface area contributed by atoms with Crippen molar-refractivity contribution in [1.82, 2.24) is 4.98 Å². The van der Waals surface area contributed by atoms with Gasteiger partial charge in [0.1, 0.15) is 0 Å². The number of amides is 1. The molecule has 27 heavy (non-hydrogen) atoms. The van der Waals surface area contributed by atoms with E-state index in [1.165, 1.54) is 17.7 Å². The zero-order chi connectivity index (χ0) is 18.6. The zero-order valence-corrected chi connectivity index (χ0v) is 14.9. The lowest BCUT2D eigenvalue weighted by atomic mass is 10.1. The van der Waals surface area contributed by atoms with Crippen molar-refractivity contribution in [2.45, 2.75) is 6.92 Å². The van der Waals surface area contributed by atoms with Gasteiger partial charge in [0.05, 0.1) is 11.9 Å². The third kappa shape index (κ3) is 3.96. The van der Waals surface area contributed by atoms with Crippen molar-refractivity contribution in [2.24, 2.45) is 0 Å². The number of aromatic nitrogens is 1. The molecule has 4 aromatic rings. The fraction of sp³-hybridized carbons (Fsp3) is 0.0435. The molecule has 0 atom stereocenters. The highest BCUT2D eigenvalue weighted by Crippen LogP contribution is 2.27. The molecule has 0 saturated heterocycles. The lowest BCUT2D eigenvalue weighted by molar-refractivity contribution is -0.114. The summed E-state index contributed by atoms with van der Waals surface area (Å²) in [6.45, 7) is 1.50. The smallest absolute Gasteiger partial charge is 0.221 e. The molecule has 0 bridgehead atoms. The van der Waals surface area contributed by atoms with Gasteiger partial charge in [0, 0.05) is 30.1 Å². The van der Waals surface area contributed by atoms with Gasteiger partial charge in [-0.3, -0.25) is 9.78 Å². The van der Waals surface area contributed by atoms with Crippen LogP contribution < -0.4 is 10.6 Å². The first-order valence-corrected chi connectivity index (χ1v) is 8.76. The second-order valence-electron chi connectivity index (χ2n) is 6.41. The van der Waals surface area contributed by atoms with Gasteiger partial charge < -0.3 is 10.6 Å². The SMILES string of the molecule is CC(=O)Nc1cccc(-c2cncc(Nc3ccc4ccccc4c3)c2)c1. The minimum absolute atomic E-state index is 0.0861. The van der Waals surface area contributed by atoms with E-state index < -0.39 is 0 Å². The highest BCUT2D eigenvalue weighted by atomic mass is 16.1. The molecule has 1 heterocycles. The van der Waals surface area contributed by atoms with Crippen LogP contribution in [-0.4, -0.2) is 10.9 Å². The Labute approximate surface area is 157 Å². The van der Waals surface area contributed by atoms with Crippen LogP contribution in [0, 0.1) is 0 Å². The van der Waals surface area contributed by atoms with Gasteiger partial charge in [0.15, 0.2) is 0 Å². The van der Waals surface area contributed by atoms with E-state index in [0.717, 1.165) is 28.2 Å². The van der Waals surface area contributed by atoms with Crippen molar-refractivity contribution < 1.29 is 4.79 Å². The molecule has 0 aliphatic carbocycles. The number of carbonyl (C=O) groups is 1. The molecular weight excluding hydrogens is 334 g/mol. The van der Waals surface area contributed by atoms with Crippen molar-refractivity contribution in [3.05, 3.63) is 85.2 Å². The Bertz CT molecular complexity index is 1120. The van der Waals surface area contributed by atoms with Crippen LogP contribution in [0.15, 0.2) is 85.2 Å². The summed E-state index contributed by atoms with van der Waals surface area (Å²) < 4.78 is 0. The minimum atomic E-state index is -0.0861. The summed E-state index contributed by atoms with van der Waals surface area (Å²) in [6, 6.07) is 24.4. The molecule has 0 aliphatic rings. The Morgan fingerprint density at radius 1 is 0.741 bits per heavy atom. The van der Waals surface area contributed by atoms with Gasteiger partial charge in [0.2, 0.25) is 5.91 Å². The third-order valence-corrected chi connectivity index (χ3v) is 4.29. The monoisotopic (exact) mass is 353 g/mol. The maximum absolute atomic E-state index is 11.3. The van der Waals surface area contributed by atoms with Crippen LogP contribution in [0.1, 0.15) is 6.92 Å². The number of nitrogens with zero attached hydrogens (tertiary/aromatic N) is 1. The Balaban J connectivity index is 1.61. The summed E-state index contributed by atoms with van der Waals surface area (Å²) in [4.78, 5) is 15.6. The molecule has 0 unspecified atom stereocenters. The van der Waals surface area contributed by atoms with E-state index >= 15 is 0 Å². The molecule has 4 rings (SSSR count). The molecule has 2 N–H and O–H groups in total. The van der Waals surface area contributed by atoms with Crippen LogP contribution in [0.25, 0.3) is 21.9 Å². The lowest BCUT2D eigenvalue weighted by Crippen LogP contribution is -2.05. The van der Waals surface area contributed by atoms with Crippen molar-refractivity contribution in [1.29, 1.82) is 0 Å². The number of carbonyl (C=O) groups excluding carboxylic acids is 1. The largest absolute Gasteiger partial charge is 0.354 e. The fourth-order valence-corrected chi connectivity index (χ4v) is 3.08. The molecule has 4 nitrogen and oxygen atoms in total. The average Bonchev–Trinajstić information content (AvgIpc) is 2.68. The summed E-state index contributed by atoms with van der Waals surface area (Å²) in [7, 11) is 0. The number of benzene rings is 3. The van der Waals surface area contributed by atoms with E-state index in [4.69, 9.17) is 0 Å². The second kappa shape index (κ2) is 7.30. The Kier molecular flexibility index (Phi) is 4.54. The number of anilines is 3. The number of hydrogen-bond acceptors (Lipinski definition) is 3. The second-order valence-corrected chi connectivity index (χ2v) is 6.41. The normalized spacial score (nSPS) is 10.6. The van der Waals surface area contributed by atoms with Gasteiger partial charge in [-0.05, 0) is 46.7 Å². The van der Waals surface area contributed by atoms with Crippen LogP contribution in [-0.2, 0) is 4.79 Å². The van der Waals surface area contributed by atoms with Crippen molar-refractivity contribution in [2.75, 3.05) is 10.6 Å². The predicted octanol–water partition coefficient (Wildman–Crippen LogP) is 5.60. The molecule has 3 aromatic carbocycles. The highest BCUT2D eigenvalue weighted by molar-refractivity contribution is 5.90.